The first-order chi connectivity index (χ1) is 13.1. The Morgan fingerprint density at radius 3 is 2.54 bits per heavy atom. The zero-order valence-corrected chi connectivity index (χ0v) is 16.8. The predicted octanol–water partition coefficient (Wildman–Crippen LogP) is 1.86. The Bertz CT molecular complexity index is 1110. The van der Waals surface area contributed by atoms with Gasteiger partial charge in [-0.1, -0.05) is 26.0 Å². The van der Waals surface area contributed by atoms with Crippen LogP contribution in [-0.4, -0.2) is 25.1 Å². The number of carbonyl (C=O) groups is 1. The van der Waals surface area contributed by atoms with Gasteiger partial charge in [-0.3, -0.25) is 4.79 Å². The topological polar surface area (TPSA) is 131 Å². The van der Waals surface area contributed by atoms with Crippen LogP contribution in [0.1, 0.15) is 30.9 Å². The first-order valence-electron chi connectivity index (χ1n) is 8.34. The smallest absolute Gasteiger partial charge is 0.276 e. The molecule has 10 heteroatoms. The molecule has 0 spiro atoms. The average molecular weight is 418 g/mol. The quantitative estimate of drug-likeness (QED) is 0.514. The number of benzene rings is 2. The fourth-order valence-electron chi connectivity index (χ4n) is 2.76. The Labute approximate surface area is 168 Å². The molecule has 1 amide bonds. The number of nitrogens with one attached hydrogen (secondary N) is 1. The van der Waals surface area contributed by atoms with Crippen molar-refractivity contribution in [2.45, 2.75) is 24.7 Å². The zero-order valence-electron chi connectivity index (χ0n) is 15.2. The number of anilines is 2. The Morgan fingerprint density at radius 1 is 1.21 bits per heavy atom. The van der Waals surface area contributed by atoms with Gasteiger partial charge < -0.3 is 11.1 Å². The van der Waals surface area contributed by atoms with Crippen molar-refractivity contribution in [1.82, 2.24) is 0 Å². The molecule has 0 saturated heterocycles. The van der Waals surface area contributed by atoms with Crippen molar-refractivity contribution in [1.29, 1.82) is 0 Å². The van der Waals surface area contributed by atoms with E-state index < -0.39 is 15.9 Å². The van der Waals surface area contributed by atoms with Gasteiger partial charge in [0.15, 0.2) is 10.8 Å². The van der Waals surface area contributed by atoms with Gasteiger partial charge in [-0.15, -0.1) is 0 Å². The Kier molecular flexibility index (Phi) is 5.20. The molecule has 0 atom stereocenters. The molecule has 0 unspecified atom stereocenters. The molecule has 0 saturated carbocycles. The van der Waals surface area contributed by atoms with E-state index in [0.717, 1.165) is 10.6 Å². The summed E-state index contributed by atoms with van der Waals surface area (Å²) in [6, 6.07) is 11.3. The second-order valence-electron chi connectivity index (χ2n) is 6.55. The number of hydrogen-bond donors (Lipinski definition) is 3. The van der Waals surface area contributed by atoms with Gasteiger partial charge in [0.2, 0.25) is 10.0 Å². The standard InChI is InChI=1S/C18H19N5O3S2/c1-10(2)11-6-7-15-14(8-11)16(17(24)21-15)22-23(18(19)27)12-4-3-5-13(9-12)28(20,25)26/h3-10H,1-2H3,(H2,19,27)(H2,20,25,26)(H,21,22,24). The summed E-state index contributed by atoms with van der Waals surface area (Å²) in [4.78, 5) is 12.3. The van der Waals surface area contributed by atoms with Crippen LogP contribution >= 0.6 is 12.2 Å². The Balaban J connectivity index is 2.11. The lowest BCUT2D eigenvalue weighted by Crippen LogP contribution is -2.33. The second kappa shape index (κ2) is 7.30. The highest BCUT2D eigenvalue weighted by Crippen LogP contribution is 2.29. The fraction of sp³-hybridized carbons (Fsp3) is 0.167. The molecule has 3 rings (SSSR count). The van der Waals surface area contributed by atoms with E-state index in [1.165, 1.54) is 18.2 Å². The summed E-state index contributed by atoms with van der Waals surface area (Å²) in [5.74, 6) is -0.139. The van der Waals surface area contributed by atoms with Gasteiger partial charge in [-0.25, -0.2) is 18.6 Å². The minimum Gasteiger partial charge on any atom is -0.374 e. The molecule has 1 aliphatic rings. The van der Waals surface area contributed by atoms with Gasteiger partial charge in [0, 0.05) is 5.56 Å². The SMILES string of the molecule is CC(C)c1ccc2c(c1)/C(=N/N(C(N)=S)c1cccc(S(N)(=O)=O)c1)C(=O)N2. The summed E-state index contributed by atoms with van der Waals surface area (Å²) in [6.45, 7) is 4.09. The van der Waals surface area contributed by atoms with Crippen molar-refractivity contribution < 1.29 is 13.2 Å². The number of fused-ring (bicyclic) bond motifs is 1. The van der Waals surface area contributed by atoms with Crippen LogP contribution in [0.2, 0.25) is 0 Å². The van der Waals surface area contributed by atoms with Crippen LogP contribution in [0.25, 0.3) is 0 Å². The molecule has 8 nitrogen and oxygen atoms in total. The number of hydrazone groups is 1. The van der Waals surface area contributed by atoms with Gasteiger partial charge in [-0.2, -0.15) is 5.10 Å². The van der Waals surface area contributed by atoms with Gasteiger partial charge >= 0.3 is 0 Å². The highest BCUT2D eigenvalue weighted by Gasteiger charge is 2.28. The molecular formula is C18H19N5O3S2. The largest absolute Gasteiger partial charge is 0.374 e. The highest BCUT2D eigenvalue weighted by molar-refractivity contribution is 7.89. The third kappa shape index (κ3) is 3.88. The van der Waals surface area contributed by atoms with Gasteiger partial charge in [-0.05, 0) is 54.0 Å². The van der Waals surface area contributed by atoms with E-state index in [-0.39, 0.29) is 27.3 Å². The Morgan fingerprint density at radius 2 is 1.93 bits per heavy atom. The Hall–Kier alpha value is -2.82. The number of sulfonamides is 1. The number of thiocarbonyl (C=S) groups is 1. The van der Waals surface area contributed by atoms with Crippen LogP contribution in [0.3, 0.4) is 0 Å². The van der Waals surface area contributed by atoms with Gasteiger partial charge in [0.25, 0.3) is 5.91 Å². The number of hydrogen-bond acceptors (Lipinski definition) is 5. The van der Waals surface area contributed by atoms with E-state index in [1.54, 1.807) is 6.07 Å². The van der Waals surface area contributed by atoms with Crippen molar-refractivity contribution in [3.8, 4) is 0 Å². The molecule has 1 heterocycles. The predicted molar refractivity (Wildman–Crippen MR) is 113 cm³/mol. The van der Waals surface area contributed by atoms with E-state index in [9.17, 15) is 13.2 Å². The zero-order chi connectivity index (χ0) is 20.6. The average Bonchev–Trinajstić information content (AvgIpc) is 2.93. The van der Waals surface area contributed by atoms with Crippen molar-refractivity contribution >= 4 is 50.3 Å². The van der Waals surface area contributed by atoms with E-state index in [1.807, 2.05) is 32.0 Å². The molecule has 2 aromatic rings. The fourth-order valence-corrected chi connectivity index (χ4v) is 3.45. The summed E-state index contributed by atoms with van der Waals surface area (Å²) >= 11 is 5.06. The normalized spacial score (nSPS) is 14.9. The third-order valence-electron chi connectivity index (χ3n) is 4.23. The van der Waals surface area contributed by atoms with Crippen LogP contribution in [0, 0.1) is 0 Å². The lowest BCUT2D eigenvalue weighted by atomic mass is 9.99. The lowest BCUT2D eigenvalue weighted by Gasteiger charge is -2.18. The molecule has 2 aromatic carbocycles. The second-order valence-corrected chi connectivity index (χ2v) is 8.53. The van der Waals surface area contributed by atoms with Crippen molar-refractivity contribution in [2.75, 3.05) is 10.3 Å². The number of carbonyl (C=O) groups excluding carboxylic acids is 1. The van der Waals surface area contributed by atoms with Crippen LogP contribution in [0.4, 0.5) is 11.4 Å². The maximum absolute atomic E-state index is 12.5. The third-order valence-corrected chi connectivity index (χ3v) is 5.31. The molecule has 0 aromatic heterocycles. The van der Waals surface area contributed by atoms with Crippen LogP contribution < -0.4 is 21.2 Å². The van der Waals surface area contributed by atoms with Crippen molar-refractivity contribution in [3.63, 3.8) is 0 Å². The summed E-state index contributed by atoms with van der Waals surface area (Å²) in [6.07, 6.45) is 0. The molecule has 28 heavy (non-hydrogen) atoms. The minimum absolute atomic E-state index is 0.121. The lowest BCUT2D eigenvalue weighted by molar-refractivity contribution is -0.110. The van der Waals surface area contributed by atoms with Gasteiger partial charge in [0.05, 0.1) is 16.3 Å². The number of nitrogens with zero attached hydrogens (tertiary/aromatic N) is 2. The van der Waals surface area contributed by atoms with Crippen LogP contribution in [-0.2, 0) is 14.8 Å². The number of nitrogens with two attached hydrogens (primary N) is 2. The number of primary sulfonamides is 1. The van der Waals surface area contributed by atoms with E-state index in [4.69, 9.17) is 23.1 Å². The van der Waals surface area contributed by atoms with E-state index in [2.05, 4.69) is 10.4 Å². The summed E-state index contributed by atoms with van der Waals surface area (Å²) in [5, 5.41) is 13.2. The summed E-state index contributed by atoms with van der Waals surface area (Å²) in [5.41, 5.74) is 8.49. The van der Waals surface area contributed by atoms with Crippen LogP contribution in [0.5, 0.6) is 0 Å². The molecule has 0 radical (unpaired) electrons. The van der Waals surface area contributed by atoms with E-state index in [0.29, 0.717) is 11.3 Å². The molecule has 0 aliphatic carbocycles. The molecule has 5 N–H and O–H groups in total. The van der Waals surface area contributed by atoms with Gasteiger partial charge in [0.1, 0.15) is 0 Å². The summed E-state index contributed by atoms with van der Waals surface area (Å²) in [7, 11) is -3.92. The monoisotopic (exact) mass is 417 g/mol. The van der Waals surface area contributed by atoms with Crippen molar-refractivity contribution in [2.24, 2.45) is 16.0 Å². The summed E-state index contributed by atoms with van der Waals surface area (Å²) < 4.78 is 23.3. The van der Waals surface area contributed by atoms with E-state index >= 15 is 0 Å². The minimum atomic E-state index is -3.92. The molecular weight excluding hydrogens is 398 g/mol. The molecule has 0 fully saturated rings. The molecule has 1 aliphatic heterocycles. The number of amides is 1. The maximum atomic E-state index is 12.5. The molecule has 146 valence electrons. The maximum Gasteiger partial charge on any atom is 0.276 e. The van der Waals surface area contributed by atoms with Crippen molar-refractivity contribution in [3.05, 3.63) is 53.6 Å². The first-order valence-corrected chi connectivity index (χ1v) is 10.3. The molecule has 0 bridgehead atoms. The number of rotatable bonds is 4. The highest BCUT2D eigenvalue weighted by atomic mass is 32.2. The first kappa shape index (κ1) is 19.9. The van der Waals surface area contributed by atoms with Crippen LogP contribution in [0.15, 0.2) is 52.5 Å².